The lowest BCUT2D eigenvalue weighted by Crippen LogP contribution is -2.54. The van der Waals surface area contributed by atoms with E-state index >= 15 is 0 Å². The Bertz CT molecular complexity index is 857. The Kier molecular flexibility index (Phi) is 8.49. The summed E-state index contributed by atoms with van der Waals surface area (Å²) in [5, 5.41) is 11.0. The molecule has 34 heavy (non-hydrogen) atoms. The molecule has 0 heterocycles. The quantitative estimate of drug-likeness (QED) is 0.388. The maximum Gasteiger partial charge on any atom is 0.514 e. The molecular formula is C25H31F2O7-. The SMILES string of the molecule is CCC1(OC(=O)Oc2ccc(C(=O)OC(C3CCCCC3)C(F)(F)C(=O)[O-])cc2)CCCCC1. The zero-order valence-electron chi connectivity index (χ0n) is 19.4. The highest BCUT2D eigenvalue weighted by atomic mass is 19.3. The summed E-state index contributed by atoms with van der Waals surface area (Å²) in [6.07, 6.45) is 5.22. The van der Waals surface area contributed by atoms with Gasteiger partial charge in [0.15, 0.2) is 6.10 Å². The number of benzene rings is 1. The Morgan fingerprint density at radius 1 is 1.03 bits per heavy atom. The van der Waals surface area contributed by atoms with Crippen molar-refractivity contribution >= 4 is 18.1 Å². The summed E-state index contributed by atoms with van der Waals surface area (Å²) in [6.45, 7) is 1.96. The van der Waals surface area contributed by atoms with Crippen LogP contribution in [0, 0.1) is 5.92 Å². The standard InChI is InChI=1S/C25H32F2O7/c1-2-24(15-7-4-8-16-24)34-23(31)32-19-13-11-18(12-14-19)21(28)33-20(25(26,27)22(29)30)17-9-5-3-6-10-17/h11-14,17,20H,2-10,15-16H2,1H3,(H,29,30)/p-1. The summed E-state index contributed by atoms with van der Waals surface area (Å²) in [7, 11) is 0. The summed E-state index contributed by atoms with van der Waals surface area (Å²) < 4.78 is 44.5. The van der Waals surface area contributed by atoms with Gasteiger partial charge in [-0.1, -0.05) is 32.6 Å². The molecule has 1 unspecified atom stereocenters. The van der Waals surface area contributed by atoms with Gasteiger partial charge in [0.05, 0.1) is 5.56 Å². The van der Waals surface area contributed by atoms with Crippen LogP contribution in [0.1, 0.15) is 87.9 Å². The summed E-state index contributed by atoms with van der Waals surface area (Å²) in [5.74, 6) is -8.61. The molecule has 0 bridgehead atoms. The van der Waals surface area contributed by atoms with Crippen LogP contribution in [0.25, 0.3) is 0 Å². The molecule has 0 aromatic heterocycles. The van der Waals surface area contributed by atoms with Crippen LogP contribution in [0.5, 0.6) is 5.75 Å². The van der Waals surface area contributed by atoms with Crippen molar-refractivity contribution in [3.63, 3.8) is 0 Å². The van der Waals surface area contributed by atoms with Gasteiger partial charge in [-0.05, 0) is 69.2 Å². The van der Waals surface area contributed by atoms with E-state index in [0.717, 1.165) is 38.5 Å². The Hall–Kier alpha value is -2.71. The van der Waals surface area contributed by atoms with E-state index < -0.39 is 41.6 Å². The highest BCUT2D eigenvalue weighted by Gasteiger charge is 2.48. The molecule has 0 spiro atoms. The van der Waals surface area contributed by atoms with Crippen LogP contribution in [0.2, 0.25) is 0 Å². The van der Waals surface area contributed by atoms with Gasteiger partial charge >= 0.3 is 18.0 Å². The molecule has 2 saturated carbocycles. The molecule has 3 rings (SSSR count). The predicted octanol–water partition coefficient (Wildman–Crippen LogP) is 4.81. The molecule has 2 aliphatic carbocycles. The van der Waals surface area contributed by atoms with Crippen molar-refractivity contribution in [3.8, 4) is 5.75 Å². The number of hydrogen-bond donors (Lipinski definition) is 0. The van der Waals surface area contributed by atoms with Crippen LogP contribution in [-0.2, 0) is 14.3 Å². The lowest BCUT2D eigenvalue weighted by Gasteiger charge is -2.35. The molecule has 0 radical (unpaired) electrons. The second-order valence-corrected chi connectivity index (χ2v) is 9.21. The number of carbonyl (C=O) groups is 3. The van der Waals surface area contributed by atoms with E-state index in [1.54, 1.807) is 0 Å². The Balaban J connectivity index is 1.64. The van der Waals surface area contributed by atoms with Gasteiger partial charge in [-0.25, -0.2) is 9.59 Å². The van der Waals surface area contributed by atoms with Crippen LogP contribution >= 0.6 is 0 Å². The molecule has 188 valence electrons. The van der Waals surface area contributed by atoms with Crippen molar-refractivity contribution in [1.29, 1.82) is 0 Å². The first-order chi connectivity index (χ1) is 16.2. The molecule has 1 aromatic carbocycles. The fourth-order valence-corrected chi connectivity index (χ4v) is 4.88. The molecule has 1 atom stereocenters. The van der Waals surface area contributed by atoms with E-state index in [4.69, 9.17) is 14.2 Å². The monoisotopic (exact) mass is 481 g/mol. The molecule has 0 aliphatic heterocycles. The first kappa shape index (κ1) is 25.9. The molecule has 0 amide bonds. The third-order valence-corrected chi connectivity index (χ3v) is 6.94. The van der Waals surface area contributed by atoms with Gasteiger partial charge in [0.1, 0.15) is 17.3 Å². The van der Waals surface area contributed by atoms with Gasteiger partial charge < -0.3 is 24.1 Å². The number of ether oxygens (including phenoxy) is 3. The van der Waals surface area contributed by atoms with Gasteiger partial charge in [-0.3, -0.25) is 0 Å². The van der Waals surface area contributed by atoms with Crippen LogP contribution in [0.3, 0.4) is 0 Å². The number of rotatable bonds is 8. The van der Waals surface area contributed by atoms with Gasteiger partial charge in [0.2, 0.25) is 0 Å². The molecule has 9 heteroatoms. The van der Waals surface area contributed by atoms with E-state index in [9.17, 15) is 28.3 Å². The lowest BCUT2D eigenvalue weighted by atomic mass is 9.83. The summed E-state index contributed by atoms with van der Waals surface area (Å²) in [5.41, 5.74) is -0.606. The van der Waals surface area contributed by atoms with Gasteiger partial charge in [0.25, 0.3) is 0 Å². The number of carbonyl (C=O) groups excluding carboxylic acids is 3. The van der Waals surface area contributed by atoms with Gasteiger partial charge in [0, 0.05) is 5.92 Å². The smallest absolute Gasteiger partial charge is 0.514 e. The highest BCUT2D eigenvalue weighted by molar-refractivity contribution is 5.90. The summed E-state index contributed by atoms with van der Waals surface area (Å²) in [6, 6.07) is 5.17. The fraction of sp³-hybridized carbons (Fsp3) is 0.640. The normalized spacial score (nSPS) is 19.6. The van der Waals surface area contributed by atoms with E-state index in [-0.39, 0.29) is 11.3 Å². The van der Waals surface area contributed by atoms with Crippen molar-refractivity contribution < 1.29 is 42.5 Å². The van der Waals surface area contributed by atoms with Gasteiger partial charge in [-0.2, -0.15) is 8.78 Å². The fourth-order valence-electron chi connectivity index (χ4n) is 4.88. The minimum absolute atomic E-state index is 0.0759. The lowest BCUT2D eigenvalue weighted by molar-refractivity contribution is -0.337. The molecule has 0 N–H and O–H groups in total. The van der Waals surface area contributed by atoms with Crippen LogP contribution in [0.4, 0.5) is 13.6 Å². The maximum atomic E-state index is 14.3. The van der Waals surface area contributed by atoms with Crippen molar-refractivity contribution in [2.24, 2.45) is 5.92 Å². The zero-order valence-corrected chi connectivity index (χ0v) is 19.4. The minimum atomic E-state index is -4.31. The van der Waals surface area contributed by atoms with Crippen molar-refractivity contribution in [2.45, 2.75) is 95.2 Å². The van der Waals surface area contributed by atoms with Crippen molar-refractivity contribution in [3.05, 3.63) is 29.8 Å². The number of aliphatic carboxylic acids is 1. The highest BCUT2D eigenvalue weighted by Crippen LogP contribution is 2.37. The number of esters is 1. The van der Waals surface area contributed by atoms with Gasteiger partial charge in [-0.15, -0.1) is 0 Å². The van der Waals surface area contributed by atoms with Crippen LogP contribution in [-0.4, -0.2) is 35.7 Å². The molecule has 7 nitrogen and oxygen atoms in total. The second-order valence-electron chi connectivity index (χ2n) is 9.21. The molecule has 1 aromatic rings. The number of carboxylic acids is 1. The Morgan fingerprint density at radius 3 is 2.18 bits per heavy atom. The first-order valence-corrected chi connectivity index (χ1v) is 12.0. The summed E-state index contributed by atoms with van der Waals surface area (Å²) in [4.78, 5) is 35.9. The summed E-state index contributed by atoms with van der Waals surface area (Å²) >= 11 is 0. The Morgan fingerprint density at radius 2 is 1.62 bits per heavy atom. The van der Waals surface area contributed by atoms with E-state index in [1.165, 1.54) is 24.3 Å². The predicted molar refractivity (Wildman–Crippen MR) is 115 cm³/mol. The Labute approximate surface area is 197 Å². The maximum absolute atomic E-state index is 14.3. The second kappa shape index (κ2) is 11.1. The molecular weight excluding hydrogens is 450 g/mol. The minimum Gasteiger partial charge on any atom is -0.544 e. The van der Waals surface area contributed by atoms with Crippen LogP contribution in [0.15, 0.2) is 24.3 Å². The third kappa shape index (κ3) is 6.24. The molecule has 2 fully saturated rings. The number of alkyl halides is 2. The largest absolute Gasteiger partial charge is 0.544 e. The van der Waals surface area contributed by atoms with Crippen molar-refractivity contribution in [1.82, 2.24) is 0 Å². The number of carboxylic acid groups (broad SMARTS) is 1. The van der Waals surface area contributed by atoms with E-state index in [2.05, 4.69) is 0 Å². The number of halogens is 2. The molecule has 2 aliphatic rings. The number of hydrogen-bond acceptors (Lipinski definition) is 7. The van der Waals surface area contributed by atoms with Crippen LogP contribution < -0.4 is 9.84 Å². The van der Waals surface area contributed by atoms with Crippen molar-refractivity contribution in [2.75, 3.05) is 0 Å². The average molecular weight is 482 g/mol. The zero-order chi connectivity index (χ0) is 24.8. The van der Waals surface area contributed by atoms with E-state index in [1.807, 2.05) is 6.92 Å². The topological polar surface area (TPSA) is 102 Å². The first-order valence-electron chi connectivity index (χ1n) is 12.0. The van der Waals surface area contributed by atoms with E-state index in [0.29, 0.717) is 32.1 Å². The average Bonchev–Trinajstić information content (AvgIpc) is 2.83. The molecule has 0 saturated heterocycles. The third-order valence-electron chi connectivity index (χ3n) is 6.94.